The van der Waals surface area contributed by atoms with Gasteiger partial charge in [0.2, 0.25) is 0 Å². The first-order valence-electron chi connectivity index (χ1n) is 5.69. The number of pyridine rings is 1. The molecule has 1 heterocycles. The molecule has 1 aromatic rings. The van der Waals surface area contributed by atoms with Gasteiger partial charge in [-0.3, -0.25) is 9.78 Å². The molecule has 0 fully saturated rings. The topological polar surface area (TPSA) is 63.2 Å². The van der Waals surface area contributed by atoms with Gasteiger partial charge >= 0.3 is 0 Å². The molecule has 0 aromatic carbocycles. The molecule has 0 aliphatic carbocycles. The normalized spacial score (nSPS) is 10.0. The second-order valence-electron chi connectivity index (χ2n) is 3.64. The minimum absolute atomic E-state index is 0.139. The summed E-state index contributed by atoms with van der Waals surface area (Å²) in [5.74, 6) is -0.139. The summed E-state index contributed by atoms with van der Waals surface area (Å²) in [6.45, 7) is 1.37. The van der Waals surface area contributed by atoms with Crippen LogP contribution in [0.5, 0.6) is 0 Å². The maximum Gasteiger partial charge on any atom is 0.269 e. The van der Waals surface area contributed by atoms with Gasteiger partial charge in [-0.15, -0.1) is 0 Å². The highest BCUT2D eigenvalue weighted by molar-refractivity contribution is 5.93. The molecular weight excluding hydrogens is 218 g/mol. The number of ether oxygens (including phenoxy) is 1. The summed E-state index contributed by atoms with van der Waals surface area (Å²) in [6, 6.07) is 3.54. The van der Waals surface area contributed by atoms with Crippen LogP contribution in [-0.4, -0.2) is 38.2 Å². The van der Waals surface area contributed by atoms with Crippen LogP contribution >= 0.6 is 0 Å². The van der Waals surface area contributed by atoms with E-state index in [1.165, 1.54) is 0 Å². The van der Waals surface area contributed by atoms with E-state index in [1.54, 1.807) is 19.4 Å². The molecule has 0 bridgehead atoms. The molecule has 0 unspecified atom stereocenters. The first-order chi connectivity index (χ1) is 8.27. The van der Waals surface area contributed by atoms with Gasteiger partial charge in [0.15, 0.2) is 0 Å². The first kappa shape index (κ1) is 13.4. The third kappa shape index (κ3) is 4.82. The Morgan fingerprint density at radius 1 is 1.47 bits per heavy atom. The number of methoxy groups -OCH3 is 1. The molecule has 0 radical (unpaired) electrons. The molecule has 0 aliphatic heterocycles. The van der Waals surface area contributed by atoms with Crippen molar-refractivity contribution in [2.45, 2.75) is 12.8 Å². The quantitative estimate of drug-likeness (QED) is 0.701. The molecule has 5 nitrogen and oxygen atoms in total. The Kier molecular flexibility index (Phi) is 6.03. The lowest BCUT2D eigenvalue weighted by atomic mass is 10.3. The van der Waals surface area contributed by atoms with Crippen LogP contribution in [0.15, 0.2) is 18.3 Å². The fourth-order valence-electron chi connectivity index (χ4n) is 1.37. The Hall–Kier alpha value is -1.62. The number of carbonyl (C=O) groups is 1. The number of unbranched alkanes of at least 4 members (excludes halogenated alkanes) is 1. The number of nitrogens with one attached hydrogen (secondary N) is 2. The number of amides is 1. The van der Waals surface area contributed by atoms with Crippen molar-refractivity contribution < 1.29 is 9.53 Å². The number of hydrogen-bond acceptors (Lipinski definition) is 4. The smallest absolute Gasteiger partial charge is 0.269 e. The van der Waals surface area contributed by atoms with Crippen LogP contribution in [0.25, 0.3) is 0 Å². The predicted molar refractivity (Wildman–Crippen MR) is 67.2 cm³/mol. The van der Waals surface area contributed by atoms with E-state index in [2.05, 4.69) is 15.6 Å². The van der Waals surface area contributed by atoms with Crippen molar-refractivity contribution in [2.75, 3.05) is 32.6 Å². The number of hydrogen-bond donors (Lipinski definition) is 2. The average Bonchev–Trinajstić information content (AvgIpc) is 2.38. The third-order valence-electron chi connectivity index (χ3n) is 2.34. The fraction of sp³-hybridized carbons (Fsp3) is 0.500. The monoisotopic (exact) mass is 237 g/mol. The van der Waals surface area contributed by atoms with Crippen molar-refractivity contribution in [3.05, 3.63) is 24.0 Å². The molecule has 5 heteroatoms. The van der Waals surface area contributed by atoms with E-state index in [0.29, 0.717) is 12.2 Å². The Bertz CT molecular complexity index is 355. The summed E-state index contributed by atoms with van der Waals surface area (Å²) in [5, 5.41) is 5.79. The van der Waals surface area contributed by atoms with E-state index in [0.717, 1.165) is 25.1 Å². The fourth-order valence-corrected chi connectivity index (χ4v) is 1.37. The molecule has 0 saturated carbocycles. The first-order valence-corrected chi connectivity index (χ1v) is 5.69. The lowest BCUT2D eigenvalue weighted by molar-refractivity contribution is 0.0946. The standard InChI is InChI=1S/C12H19N3O2/c1-13-10-5-7-14-11(9-10)12(16)15-6-3-4-8-17-2/h5,7,9H,3-4,6,8H2,1-2H3,(H,13,14)(H,15,16). The Balaban J connectivity index is 2.36. The largest absolute Gasteiger partial charge is 0.388 e. The zero-order valence-electron chi connectivity index (χ0n) is 10.3. The van der Waals surface area contributed by atoms with Crippen LogP contribution in [0.2, 0.25) is 0 Å². The molecule has 1 aromatic heterocycles. The lowest BCUT2D eigenvalue weighted by Gasteiger charge is -2.05. The summed E-state index contributed by atoms with van der Waals surface area (Å²) in [6.07, 6.45) is 3.47. The van der Waals surface area contributed by atoms with Gasteiger partial charge in [0.05, 0.1) is 0 Å². The summed E-state index contributed by atoms with van der Waals surface area (Å²) in [7, 11) is 3.48. The van der Waals surface area contributed by atoms with Crippen LogP contribution in [0.3, 0.4) is 0 Å². The Morgan fingerprint density at radius 2 is 2.29 bits per heavy atom. The van der Waals surface area contributed by atoms with Gasteiger partial charge in [0, 0.05) is 39.2 Å². The maximum atomic E-state index is 11.7. The van der Waals surface area contributed by atoms with Crippen molar-refractivity contribution in [1.82, 2.24) is 10.3 Å². The zero-order chi connectivity index (χ0) is 12.5. The lowest BCUT2D eigenvalue weighted by Crippen LogP contribution is -2.25. The Labute approximate surface area is 102 Å². The SMILES string of the molecule is CNc1ccnc(C(=O)NCCCCOC)c1. The summed E-state index contributed by atoms with van der Waals surface area (Å²) in [4.78, 5) is 15.7. The number of anilines is 1. The molecule has 0 spiro atoms. The number of rotatable bonds is 7. The van der Waals surface area contributed by atoms with Crippen molar-refractivity contribution >= 4 is 11.6 Å². The van der Waals surface area contributed by atoms with Crippen molar-refractivity contribution in [3.63, 3.8) is 0 Å². The minimum Gasteiger partial charge on any atom is -0.388 e. The minimum atomic E-state index is -0.139. The van der Waals surface area contributed by atoms with E-state index in [1.807, 2.05) is 13.1 Å². The van der Waals surface area contributed by atoms with Gasteiger partial charge < -0.3 is 15.4 Å². The van der Waals surface area contributed by atoms with Gasteiger partial charge in [0.1, 0.15) is 5.69 Å². The molecule has 17 heavy (non-hydrogen) atoms. The number of carbonyl (C=O) groups excluding carboxylic acids is 1. The van der Waals surface area contributed by atoms with Crippen LogP contribution in [0, 0.1) is 0 Å². The second kappa shape index (κ2) is 7.62. The highest BCUT2D eigenvalue weighted by atomic mass is 16.5. The van der Waals surface area contributed by atoms with E-state index in [9.17, 15) is 4.79 Å². The summed E-state index contributed by atoms with van der Waals surface area (Å²) < 4.78 is 4.93. The van der Waals surface area contributed by atoms with Crippen LogP contribution in [-0.2, 0) is 4.74 Å². The summed E-state index contributed by atoms with van der Waals surface area (Å²) in [5.41, 5.74) is 1.31. The molecular formula is C12H19N3O2. The predicted octanol–water partition coefficient (Wildman–Crippen LogP) is 1.28. The molecule has 0 aliphatic rings. The van der Waals surface area contributed by atoms with Crippen LogP contribution < -0.4 is 10.6 Å². The Morgan fingerprint density at radius 3 is 3.00 bits per heavy atom. The van der Waals surface area contributed by atoms with E-state index >= 15 is 0 Å². The molecule has 0 saturated heterocycles. The molecule has 1 amide bonds. The van der Waals surface area contributed by atoms with Gasteiger partial charge in [-0.2, -0.15) is 0 Å². The summed E-state index contributed by atoms with van der Waals surface area (Å²) >= 11 is 0. The highest BCUT2D eigenvalue weighted by Gasteiger charge is 2.06. The van der Waals surface area contributed by atoms with Gasteiger partial charge in [0.25, 0.3) is 5.91 Å². The molecule has 0 atom stereocenters. The number of nitrogens with zero attached hydrogens (tertiary/aromatic N) is 1. The zero-order valence-corrected chi connectivity index (χ0v) is 10.3. The van der Waals surface area contributed by atoms with Gasteiger partial charge in [-0.05, 0) is 25.0 Å². The van der Waals surface area contributed by atoms with Crippen LogP contribution in [0.4, 0.5) is 5.69 Å². The average molecular weight is 237 g/mol. The van der Waals surface area contributed by atoms with E-state index < -0.39 is 0 Å². The van der Waals surface area contributed by atoms with Gasteiger partial charge in [-0.1, -0.05) is 0 Å². The van der Waals surface area contributed by atoms with Gasteiger partial charge in [-0.25, -0.2) is 0 Å². The van der Waals surface area contributed by atoms with Crippen LogP contribution in [0.1, 0.15) is 23.3 Å². The van der Waals surface area contributed by atoms with E-state index in [-0.39, 0.29) is 5.91 Å². The van der Waals surface area contributed by atoms with Crippen molar-refractivity contribution in [1.29, 1.82) is 0 Å². The van der Waals surface area contributed by atoms with Crippen molar-refractivity contribution in [2.24, 2.45) is 0 Å². The molecule has 94 valence electrons. The third-order valence-corrected chi connectivity index (χ3v) is 2.34. The molecule has 1 rings (SSSR count). The highest BCUT2D eigenvalue weighted by Crippen LogP contribution is 2.06. The second-order valence-corrected chi connectivity index (χ2v) is 3.64. The maximum absolute atomic E-state index is 11.7. The number of aromatic nitrogens is 1. The van der Waals surface area contributed by atoms with Crippen molar-refractivity contribution in [3.8, 4) is 0 Å². The van der Waals surface area contributed by atoms with E-state index in [4.69, 9.17) is 4.74 Å². The molecule has 2 N–H and O–H groups in total.